The van der Waals surface area contributed by atoms with E-state index in [1.165, 1.54) is 0 Å². The van der Waals surface area contributed by atoms with Crippen molar-refractivity contribution in [3.05, 3.63) is 54.0 Å². The highest BCUT2D eigenvalue weighted by atomic mass is 16.5. The van der Waals surface area contributed by atoms with Crippen LogP contribution in [0.4, 0.5) is 0 Å². The Morgan fingerprint density at radius 2 is 2.10 bits per heavy atom. The maximum Gasteiger partial charge on any atom is 0.123 e. The Bertz CT molecular complexity index is 533. The summed E-state index contributed by atoms with van der Waals surface area (Å²) >= 11 is 0. The molecule has 0 saturated carbocycles. The minimum absolute atomic E-state index is 0.245. The third-order valence-corrected chi connectivity index (χ3v) is 3.62. The molecule has 2 heterocycles. The Labute approximate surface area is 125 Å². The van der Waals surface area contributed by atoms with Crippen molar-refractivity contribution < 1.29 is 13.9 Å². The predicted octanol–water partition coefficient (Wildman–Crippen LogP) is 3.13. The Morgan fingerprint density at radius 1 is 1.14 bits per heavy atom. The van der Waals surface area contributed by atoms with Gasteiger partial charge in [0.15, 0.2) is 0 Å². The summed E-state index contributed by atoms with van der Waals surface area (Å²) in [6, 6.07) is 12.0. The van der Waals surface area contributed by atoms with Crippen LogP contribution in [0.25, 0.3) is 0 Å². The summed E-state index contributed by atoms with van der Waals surface area (Å²) in [4.78, 5) is 0. The average molecular weight is 287 g/mol. The van der Waals surface area contributed by atoms with Gasteiger partial charge in [-0.1, -0.05) is 18.2 Å². The standard InChI is InChI=1S/C17H21NO3/c1-2-8-17(21-13-16-7-4-10-20-16)14(5-1)11-18-12-15-6-3-9-19-15/h1-3,5-6,8-9,16,18H,4,7,10-13H2. The first-order chi connectivity index (χ1) is 10.4. The molecule has 21 heavy (non-hydrogen) atoms. The van der Waals surface area contributed by atoms with Gasteiger partial charge in [-0.15, -0.1) is 0 Å². The molecule has 2 aromatic rings. The van der Waals surface area contributed by atoms with Gasteiger partial charge in [0.05, 0.1) is 18.9 Å². The van der Waals surface area contributed by atoms with Crippen LogP contribution in [-0.2, 0) is 17.8 Å². The monoisotopic (exact) mass is 287 g/mol. The van der Waals surface area contributed by atoms with Crippen molar-refractivity contribution >= 4 is 0 Å². The second kappa shape index (κ2) is 7.29. The molecule has 3 rings (SSSR count). The third-order valence-electron chi connectivity index (χ3n) is 3.62. The van der Waals surface area contributed by atoms with Crippen LogP contribution in [0.5, 0.6) is 5.75 Å². The summed E-state index contributed by atoms with van der Waals surface area (Å²) in [5.74, 6) is 1.87. The molecule has 1 saturated heterocycles. The van der Waals surface area contributed by atoms with Gasteiger partial charge in [-0.05, 0) is 31.0 Å². The molecule has 0 bridgehead atoms. The van der Waals surface area contributed by atoms with E-state index in [-0.39, 0.29) is 6.10 Å². The molecule has 0 aliphatic carbocycles. The molecule has 1 N–H and O–H groups in total. The van der Waals surface area contributed by atoms with E-state index in [2.05, 4.69) is 11.4 Å². The lowest BCUT2D eigenvalue weighted by molar-refractivity contribution is 0.0676. The summed E-state index contributed by atoms with van der Waals surface area (Å²) in [5, 5.41) is 3.37. The molecule has 1 atom stereocenters. The second-order valence-corrected chi connectivity index (χ2v) is 5.24. The van der Waals surface area contributed by atoms with E-state index in [9.17, 15) is 0 Å². The molecule has 0 spiro atoms. The van der Waals surface area contributed by atoms with Crippen molar-refractivity contribution in [2.45, 2.75) is 32.0 Å². The number of furan rings is 1. The SMILES string of the molecule is c1coc(CNCc2ccccc2OCC2CCCO2)c1. The van der Waals surface area contributed by atoms with Crippen molar-refractivity contribution in [2.75, 3.05) is 13.2 Å². The van der Waals surface area contributed by atoms with Gasteiger partial charge in [0.2, 0.25) is 0 Å². The zero-order valence-corrected chi connectivity index (χ0v) is 12.1. The molecule has 0 amide bonds. The lowest BCUT2D eigenvalue weighted by Gasteiger charge is -2.14. The van der Waals surface area contributed by atoms with Gasteiger partial charge in [0.1, 0.15) is 18.1 Å². The first-order valence-corrected chi connectivity index (χ1v) is 7.47. The van der Waals surface area contributed by atoms with Crippen LogP contribution in [0.2, 0.25) is 0 Å². The quantitative estimate of drug-likeness (QED) is 0.849. The molecule has 1 fully saturated rings. The number of benzene rings is 1. The lowest BCUT2D eigenvalue weighted by atomic mass is 10.2. The van der Waals surface area contributed by atoms with Gasteiger partial charge in [0.25, 0.3) is 0 Å². The Morgan fingerprint density at radius 3 is 2.90 bits per heavy atom. The molecular weight excluding hydrogens is 266 g/mol. The van der Waals surface area contributed by atoms with E-state index in [1.54, 1.807) is 6.26 Å². The molecule has 4 heteroatoms. The number of hydrogen-bond acceptors (Lipinski definition) is 4. The van der Waals surface area contributed by atoms with Crippen LogP contribution in [0, 0.1) is 0 Å². The summed E-state index contributed by atoms with van der Waals surface area (Å²) in [7, 11) is 0. The maximum atomic E-state index is 5.92. The zero-order chi connectivity index (χ0) is 14.3. The summed E-state index contributed by atoms with van der Waals surface area (Å²) < 4.78 is 16.8. The van der Waals surface area contributed by atoms with Gasteiger partial charge < -0.3 is 19.2 Å². The van der Waals surface area contributed by atoms with Crippen LogP contribution in [0.1, 0.15) is 24.2 Å². The van der Waals surface area contributed by atoms with Crippen LogP contribution in [0.3, 0.4) is 0 Å². The molecule has 1 aromatic heterocycles. The highest BCUT2D eigenvalue weighted by Crippen LogP contribution is 2.20. The lowest BCUT2D eigenvalue weighted by Crippen LogP contribution is -2.18. The first-order valence-electron chi connectivity index (χ1n) is 7.47. The highest BCUT2D eigenvalue weighted by molar-refractivity contribution is 5.33. The number of para-hydroxylation sites is 1. The summed E-state index contributed by atoms with van der Waals surface area (Å²) in [6.45, 7) is 2.96. The molecule has 1 aliphatic rings. The smallest absolute Gasteiger partial charge is 0.123 e. The Hall–Kier alpha value is -1.78. The van der Waals surface area contributed by atoms with Gasteiger partial charge >= 0.3 is 0 Å². The minimum atomic E-state index is 0.245. The van der Waals surface area contributed by atoms with E-state index in [1.807, 2.05) is 30.3 Å². The van der Waals surface area contributed by atoms with Gasteiger partial charge in [0, 0.05) is 18.7 Å². The number of ether oxygens (including phenoxy) is 2. The first kappa shape index (κ1) is 14.2. The topological polar surface area (TPSA) is 43.6 Å². The van der Waals surface area contributed by atoms with Crippen molar-refractivity contribution in [1.82, 2.24) is 5.32 Å². The molecule has 4 nitrogen and oxygen atoms in total. The minimum Gasteiger partial charge on any atom is -0.491 e. The van der Waals surface area contributed by atoms with Crippen LogP contribution in [0.15, 0.2) is 47.1 Å². The molecule has 1 aliphatic heterocycles. The fraction of sp³-hybridized carbons (Fsp3) is 0.412. The molecule has 1 aromatic carbocycles. The Balaban J connectivity index is 1.51. The fourth-order valence-electron chi connectivity index (χ4n) is 2.48. The van der Waals surface area contributed by atoms with E-state index in [0.29, 0.717) is 13.2 Å². The number of nitrogens with one attached hydrogen (secondary N) is 1. The Kier molecular flexibility index (Phi) is 4.92. The van der Waals surface area contributed by atoms with Crippen LogP contribution in [-0.4, -0.2) is 19.3 Å². The third kappa shape index (κ3) is 4.09. The van der Waals surface area contributed by atoms with Crippen LogP contribution >= 0.6 is 0 Å². The van der Waals surface area contributed by atoms with Crippen LogP contribution < -0.4 is 10.1 Å². The van der Waals surface area contributed by atoms with Crippen molar-refractivity contribution in [2.24, 2.45) is 0 Å². The summed E-state index contributed by atoms with van der Waals surface area (Å²) in [5.41, 5.74) is 1.15. The van der Waals surface area contributed by atoms with Crippen molar-refractivity contribution in [3.8, 4) is 5.75 Å². The molecular formula is C17H21NO3. The highest BCUT2D eigenvalue weighted by Gasteiger charge is 2.16. The second-order valence-electron chi connectivity index (χ2n) is 5.24. The zero-order valence-electron chi connectivity index (χ0n) is 12.1. The molecule has 0 radical (unpaired) electrons. The molecule has 1 unspecified atom stereocenters. The average Bonchev–Trinajstić information content (AvgIpc) is 3.20. The predicted molar refractivity (Wildman–Crippen MR) is 80.2 cm³/mol. The van der Waals surface area contributed by atoms with E-state index >= 15 is 0 Å². The van der Waals surface area contributed by atoms with Gasteiger partial charge in [-0.25, -0.2) is 0 Å². The van der Waals surface area contributed by atoms with Gasteiger partial charge in [-0.3, -0.25) is 0 Å². The fourth-order valence-corrected chi connectivity index (χ4v) is 2.48. The largest absolute Gasteiger partial charge is 0.491 e. The van der Waals surface area contributed by atoms with E-state index in [0.717, 1.165) is 43.1 Å². The normalized spacial score (nSPS) is 18.0. The van der Waals surface area contributed by atoms with Crippen molar-refractivity contribution in [3.63, 3.8) is 0 Å². The van der Waals surface area contributed by atoms with E-state index in [4.69, 9.17) is 13.9 Å². The maximum absolute atomic E-state index is 5.92. The van der Waals surface area contributed by atoms with Gasteiger partial charge in [-0.2, -0.15) is 0 Å². The van der Waals surface area contributed by atoms with E-state index < -0.39 is 0 Å². The van der Waals surface area contributed by atoms with Crippen molar-refractivity contribution in [1.29, 1.82) is 0 Å². The number of rotatable bonds is 7. The summed E-state index contributed by atoms with van der Waals surface area (Å²) in [6.07, 6.45) is 4.17. The number of hydrogen-bond donors (Lipinski definition) is 1. The molecule has 112 valence electrons.